The number of allylic oxidation sites excluding steroid dienone is 18. The van der Waals surface area contributed by atoms with Crippen molar-refractivity contribution < 1.29 is 24.2 Å². The predicted octanol–water partition coefficient (Wildman–Crippen LogP) is 24.8. The van der Waals surface area contributed by atoms with Gasteiger partial charge in [0.2, 0.25) is 0 Å². The molecule has 0 amide bonds. The Morgan fingerprint density at radius 2 is 0.524 bits per heavy atom. The van der Waals surface area contributed by atoms with Gasteiger partial charge in [0.15, 0.2) is 6.10 Å². The summed E-state index contributed by atoms with van der Waals surface area (Å²) in [4.78, 5) is 24.7. The van der Waals surface area contributed by atoms with Crippen LogP contribution in [0, 0.1) is 0 Å². The number of aliphatic hydroxyl groups excluding tert-OH is 1. The molecule has 0 saturated heterocycles. The maximum Gasteiger partial charge on any atom is 0.306 e. The highest BCUT2D eigenvalue weighted by Gasteiger charge is 2.16. The molecule has 1 atom stereocenters. The molecule has 0 radical (unpaired) electrons. The second kappa shape index (κ2) is 71.8. The Hall–Kier alpha value is -3.44. The van der Waals surface area contributed by atoms with Gasteiger partial charge < -0.3 is 14.6 Å². The maximum atomic E-state index is 12.4. The third-order valence-corrected chi connectivity index (χ3v) is 15.6. The summed E-state index contributed by atoms with van der Waals surface area (Å²) in [6.07, 6.45) is 104. The van der Waals surface area contributed by atoms with E-state index < -0.39 is 6.10 Å². The zero-order chi connectivity index (χ0) is 59.1. The van der Waals surface area contributed by atoms with Crippen LogP contribution in [0.2, 0.25) is 0 Å². The maximum absolute atomic E-state index is 12.4. The third-order valence-electron chi connectivity index (χ3n) is 15.6. The van der Waals surface area contributed by atoms with Gasteiger partial charge in [0, 0.05) is 12.8 Å². The molecule has 0 aromatic heterocycles. The van der Waals surface area contributed by atoms with Gasteiger partial charge in [-0.25, -0.2) is 0 Å². The Morgan fingerprint density at radius 1 is 0.293 bits per heavy atom. The van der Waals surface area contributed by atoms with Gasteiger partial charge in [-0.05, 0) is 103 Å². The number of hydrogen-bond acceptors (Lipinski definition) is 5. The van der Waals surface area contributed by atoms with Gasteiger partial charge in [0.1, 0.15) is 6.61 Å². The molecule has 0 aliphatic heterocycles. The minimum Gasteiger partial charge on any atom is -0.462 e. The van der Waals surface area contributed by atoms with E-state index in [9.17, 15) is 14.7 Å². The quantitative estimate of drug-likeness (QED) is 0.0373. The van der Waals surface area contributed by atoms with E-state index >= 15 is 0 Å². The van der Waals surface area contributed by atoms with E-state index in [4.69, 9.17) is 9.47 Å². The molecule has 0 bridgehead atoms. The topological polar surface area (TPSA) is 72.8 Å². The van der Waals surface area contributed by atoms with Crippen LogP contribution in [0.1, 0.15) is 348 Å². The molecule has 0 spiro atoms. The second-order valence-corrected chi connectivity index (χ2v) is 23.6. The van der Waals surface area contributed by atoms with Crippen molar-refractivity contribution >= 4 is 11.9 Å². The van der Waals surface area contributed by atoms with Crippen molar-refractivity contribution in [1.82, 2.24) is 0 Å². The summed E-state index contributed by atoms with van der Waals surface area (Å²) in [6.45, 7) is 4.06. The molecule has 82 heavy (non-hydrogen) atoms. The van der Waals surface area contributed by atoms with Crippen LogP contribution in [0.4, 0.5) is 0 Å². The van der Waals surface area contributed by atoms with E-state index in [1.54, 1.807) is 0 Å². The highest BCUT2D eigenvalue weighted by molar-refractivity contribution is 5.70. The fraction of sp³-hybridized carbons (Fsp3) is 0.740. The smallest absolute Gasteiger partial charge is 0.306 e. The number of rotatable bonds is 65. The molecule has 5 nitrogen and oxygen atoms in total. The number of aliphatic hydroxyl groups is 1. The number of esters is 2. The van der Waals surface area contributed by atoms with Crippen LogP contribution >= 0.6 is 0 Å². The first-order valence-corrected chi connectivity index (χ1v) is 35.4. The summed E-state index contributed by atoms with van der Waals surface area (Å²) in [7, 11) is 0. The minimum absolute atomic E-state index is 0.0672. The fourth-order valence-electron chi connectivity index (χ4n) is 10.3. The molecular formula is C77H134O5. The van der Waals surface area contributed by atoms with Gasteiger partial charge in [0.25, 0.3) is 0 Å². The van der Waals surface area contributed by atoms with Gasteiger partial charge in [-0.1, -0.05) is 342 Å². The van der Waals surface area contributed by atoms with Crippen LogP contribution in [-0.2, 0) is 19.1 Å². The Bertz CT molecular complexity index is 1570. The summed E-state index contributed by atoms with van der Waals surface area (Å²) in [5.41, 5.74) is 0. The Morgan fingerprint density at radius 3 is 0.805 bits per heavy atom. The summed E-state index contributed by atoms with van der Waals surface area (Å²) >= 11 is 0. The van der Waals surface area contributed by atoms with Crippen molar-refractivity contribution in [2.45, 2.75) is 354 Å². The average Bonchev–Trinajstić information content (AvgIpc) is 3.49. The van der Waals surface area contributed by atoms with Crippen LogP contribution in [0.15, 0.2) is 109 Å². The molecule has 0 aromatic rings. The normalized spacial score (nSPS) is 12.9. The Labute approximate surface area is 510 Å². The summed E-state index contributed by atoms with van der Waals surface area (Å²) in [5.74, 6) is -0.582. The standard InChI is InChI=1S/C77H134O5/c1-3-5-7-9-11-13-15-17-19-21-23-25-27-29-31-33-35-36-37-38-39-40-42-44-46-48-50-52-54-56-58-60-62-64-66-68-70-72-77(80)82-75(73-78)74-81-76(79)71-69-67-65-63-61-59-57-55-53-51-49-47-45-43-41-34-32-30-28-26-24-22-20-18-16-14-12-10-8-6-4-2/h5,7,11,13,17,19,22-25,29,31,35-36,38-39,42,44,75,78H,3-4,6,8-10,12,14-16,18,20-21,26-28,30,32-34,37,40-41,43,45-74H2,1-2H3/b7-5-,13-11-,19-17-,24-22-,25-23-,31-29-,36-35-,39-38-,44-42-. The largest absolute Gasteiger partial charge is 0.462 e. The molecule has 0 saturated carbocycles. The van der Waals surface area contributed by atoms with Crippen molar-refractivity contribution in [3.63, 3.8) is 0 Å². The fourth-order valence-corrected chi connectivity index (χ4v) is 10.3. The zero-order valence-electron chi connectivity index (χ0n) is 54.2. The molecule has 0 aliphatic carbocycles. The molecule has 0 fully saturated rings. The molecular weight excluding hydrogens is 1000 g/mol. The lowest BCUT2D eigenvalue weighted by atomic mass is 10.0. The molecule has 0 rings (SSSR count). The van der Waals surface area contributed by atoms with Gasteiger partial charge >= 0.3 is 11.9 Å². The lowest BCUT2D eigenvalue weighted by Crippen LogP contribution is -2.28. The lowest BCUT2D eigenvalue weighted by Gasteiger charge is -2.15. The second-order valence-electron chi connectivity index (χ2n) is 23.6. The number of ether oxygens (including phenoxy) is 2. The number of unbranched alkanes of at least 4 members (excludes halogenated alkanes) is 39. The highest BCUT2D eigenvalue weighted by Crippen LogP contribution is 2.18. The number of carbonyl (C=O) groups is 2. The monoisotopic (exact) mass is 1140 g/mol. The van der Waals surface area contributed by atoms with Gasteiger partial charge in [-0.3, -0.25) is 9.59 Å². The minimum atomic E-state index is -0.779. The molecule has 1 N–H and O–H groups in total. The molecule has 0 aromatic carbocycles. The van der Waals surface area contributed by atoms with Crippen molar-refractivity contribution in [3.05, 3.63) is 109 Å². The molecule has 0 heterocycles. The van der Waals surface area contributed by atoms with E-state index in [0.29, 0.717) is 12.8 Å². The van der Waals surface area contributed by atoms with Crippen LogP contribution in [0.3, 0.4) is 0 Å². The van der Waals surface area contributed by atoms with Gasteiger partial charge in [-0.2, -0.15) is 0 Å². The van der Waals surface area contributed by atoms with Gasteiger partial charge in [0.05, 0.1) is 6.61 Å². The summed E-state index contributed by atoms with van der Waals surface area (Å²) in [5, 5.41) is 9.71. The molecule has 5 heteroatoms. The molecule has 472 valence electrons. The lowest BCUT2D eigenvalue weighted by molar-refractivity contribution is -0.161. The summed E-state index contributed by atoms with van der Waals surface area (Å²) < 4.78 is 10.8. The first kappa shape index (κ1) is 78.6. The molecule has 1 unspecified atom stereocenters. The van der Waals surface area contributed by atoms with E-state index in [-0.39, 0.29) is 25.2 Å². The van der Waals surface area contributed by atoms with E-state index in [1.807, 2.05) is 0 Å². The van der Waals surface area contributed by atoms with Crippen molar-refractivity contribution in [1.29, 1.82) is 0 Å². The average molecular weight is 1140 g/mol. The Kier molecular flexibility index (Phi) is 68.8. The van der Waals surface area contributed by atoms with Crippen molar-refractivity contribution in [2.24, 2.45) is 0 Å². The van der Waals surface area contributed by atoms with E-state index in [2.05, 4.69) is 123 Å². The number of hydrogen-bond donors (Lipinski definition) is 1. The SMILES string of the molecule is CC/C=C\C/C=C\C/C=C\C/C=C\C/C=C\C/C=C\C/C=C\C/C=C\CCCCCCCCCCCCCCC(=O)OC(CO)COC(=O)CCCCCCCCCCCCCCCCCCCCC/C=C\CCCCCCCCCC. The van der Waals surface area contributed by atoms with Crippen LogP contribution < -0.4 is 0 Å². The van der Waals surface area contributed by atoms with Crippen LogP contribution in [-0.4, -0.2) is 36.4 Å². The Balaban J connectivity index is 3.48. The van der Waals surface area contributed by atoms with Gasteiger partial charge in [-0.15, -0.1) is 0 Å². The zero-order valence-corrected chi connectivity index (χ0v) is 54.2. The van der Waals surface area contributed by atoms with Crippen LogP contribution in [0.25, 0.3) is 0 Å². The third kappa shape index (κ3) is 69.1. The molecule has 0 aliphatic rings. The first-order valence-electron chi connectivity index (χ1n) is 35.4. The van der Waals surface area contributed by atoms with Crippen molar-refractivity contribution in [2.75, 3.05) is 13.2 Å². The van der Waals surface area contributed by atoms with E-state index in [0.717, 1.165) is 89.9 Å². The predicted molar refractivity (Wildman–Crippen MR) is 362 cm³/mol. The van der Waals surface area contributed by atoms with E-state index in [1.165, 1.54) is 231 Å². The summed E-state index contributed by atoms with van der Waals surface area (Å²) in [6, 6.07) is 0. The van der Waals surface area contributed by atoms with Crippen molar-refractivity contribution in [3.8, 4) is 0 Å². The van der Waals surface area contributed by atoms with Crippen LogP contribution in [0.5, 0.6) is 0 Å². The highest BCUT2D eigenvalue weighted by atomic mass is 16.6. The number of carbonyl (C=O) groups excluding carboxylic acids is 2. The first-order chi connectivity index (χ1) is 40.6.